The van der Waals surface area contributed by atoms with Crippen LogP contribution in [0.2, 0.25) is 0 Å². The van der Waals surface area contributed by atoms with Gasteiger partial charge in [-0.05, 0) is 40.7 Å². The van der Waals surface area contributed by atoms with Gasteiger partial charge in [-0.25, -0.2) is 0 Å². The number of benzene rings is 2. The average Bonchev–Trinajstić information content (AvgIpc) is 2.74. The molecule has 0 aliphatic heterocycles. The molecule has 2 amide bonds. The van der Waals surface area contributed by atoms with E-state index in [0.717, 1.165) is 24.5 Å². The van der Waals surface area contributed by atoms with Crippen LogP contribution in [0.15, 0.2) is 53.5 Å². The van der Waals surface area contributed by atoms with Gasteiger partial charge in [-0.2, -0.15) is 0 Å². The molecule has 0 heterocycles. The number of carbonyl (C=O) groups is 2. The van der Waals surface area contributed by atoms with Crippen molar-refractivity contribution in [1.29, 1.82) is 0 Å². The summed E-state index contributed by atoms with van der Waals surface area (Å²) in [5.41, 5.74) is 9.29. The van der Waals surface area contributed by atoms with Crippen molar-refractivity contribution in [2.24, 2.45) is 10.7 Å². The predicted octanol–water partition coefficient (Wildman–Crippen LogP) is 2.72. The number of aliphatic imine (C=N–C) groups is 1. The molecule has 2 rings (SSSR count). The van der Waals surface area contributed by atoms with Crippen LogP contribution in [0.4, 0.5) is 0 Å². The van der Waals surface area contributed by atoms with Crippen molar-refractivity contribution in [2.45, 2.75) is 39.2 Å². The Morgan fingerprint density at radius 1 is 0.906 bits per heavy atom. The number of primary amides is 1. The first-order chi connectivity index (χ1) is 14.7. The van der Waals surface area contributed by atoms with Gasteiger partial charge in [0.2, 0.25) is 5.91 Å². The summed E-state index contributed by atoms with van der Waals surface area (Å²) in [4.78, 5) is 26.9. The average molecular weight is 551 g/mol. The van der Waals surface area contributed by atoms with Crippen molar-refractivity contribution in [3.05, 3.63) is 70.8 Å². The highest BCUT2D eigenvalue weighted by Crippen LogP contribution is 2.22. The zero-order valence-corrected chi connectivity index (χ0v) is 21.5. The van der Waals surface area contributed by atoms with E-state index in [1.165, 1.54) is 11.1 Å². The second-order valence-corrected chi connectivity index (χ2v) is 8.40. The van der Waals surface area contributed by atoms with Crippen LogP contribution < -0.4 is 21.7 Å². The van der Waals surface area contributed by atoms with Crippen molar-refractivity contribution in [1.82, 2.24) is 16.0 Å². The first-order valence-corrected chi connectivity index (χ1v) is 10.4. The van der Waals surface area contributed by atoms with Gasteiger partial charge in [0.25, 0.3) is 5.91 Å². The van der Waals surface area contributed by atoms with Crippen LogP contribution in [0, 0.1) is 0 Å². The van der Waals surface area contributed by atoms with Crippen LogP contribution in [0.1, 0.15) is 47.8 Å². The molecule has 0 unspecified atom stereocenters. The molecule has 2 aromatic carbocycles. The number of amides is 2. The lowest BCUT2D eigenvalue weighted by Gasteiger charge is -2.19. The van der Waals surface area contributed by atoms with Gasteiger partial charge in [0.1, 0.15) is 0 Å². The number of rotatable bonds is 8. The van der Waals surface area contributed by atoms with Gasteiger partial charge in [-0.15, -0.1) is 24.0 Å². The van der Waals surface area contributed by atoms with Crippen LogP contribution in [-0.4, -0.2) is 37.9 Å². The summed E-state index contributed by atoms with van der Waals surface area (Å²) in [5.74, 6) is -0.184. The predicted molar refractivity (Wildman–Crippen MR) is 140 cm³/mol. The maximum absolute atomic E-state index is 11.9. The summed E-state index contributed by atoms with van der Waals surface area (Å²) in [6, 6.07) is 15.9. The Labute approximate surface area is 207 Å². The first kappa shape index (κ1) is 27.4. The Morgan fingerprint density at radius 3 is 2.03 bits per heavy atom. The van der Waals surface area contributed by atoms with E-state index in [1.807, 2.05) is 12.1 Å². The summed E-state index contributed by atoms with van der Waals surface area (Å²) in [6.45, 7) is 7.81. The molecule has 32 heavy (non-hydrogen) atoms. The number of nitrogens with zero attached hydrogens (tertiary/aromatic N) is 1. The van der Waals surface area contributed by atoms with E-state index in [-0.39, 0.29) is 41.8 Å². The Morgan fingerprint density at radius 2 is 1.50 bits per heavy atom. The molecule has 0 fully saturated rings. The molecule has 8 heteroatoms. The van der Waals surface area contributed by atoms with Crippen LogP contribution >= 0.6 is 24.0 Å². The fourth-order valence-electron chi connectivity index (χ4n) is 2.95. The molecule has 5 N–H and O–H groups in total. The topological polar surface area (TPSA) is 109 Å². The second kappa shape index (κ2) is 13.0. The molecule has 0 bridgehead atoms. The number of guanidine groups is 1. The van der Waals surface area contributed by atoms with Crippen molar-refractivity contribution < 1.29 is 9.59 Å². The fraction of sp³-hybridized carbons (Fsp3) is 0.375. The maximum atomic E-state index is 11.9. The standard InChI is InChI=1S/C24H33N5O2.HI/c1-24(2,3)20-11-7-17(8-12-20)13-14-27-23(26-4)29-15-18-5-9-19(10-6-18)22(31)28-16-21(25)30;/h5-12H,13-16H2,1-4H3,(H2,25,30)(H,28,31)(H2,26,27,29);1H. The molecule has 0 saturated carbocycles. The van der Waals surface area contributed by atoms with Gasteiger partial charge in [0, 0.05) is 25.7 Å². The molecular formula is C24H34IN5O2. The minimum atomic E-state index is -0.574. The normalized spacial score (nSPS) is 11.3. The number of nitrogens with one attached hydrogen (secondary N) is 3. The highest BCUT2D eigenvalue weighted by molar-refractivity contribution is 14.0. The molecule has 0 saturated heterocycles. The van der Waals surface area contributed by atoms with E-state index in [9.17, 15) is 9.59 Å². The lowest BCUT2D eigenvalue weighted by Crippen LogP contribution is -2.37. The third-order valence-corrected chi connectivity index (χ3v) is 4.85. The highest BCUT2D eigenvalue weighted by atomic mass is 127. The highest BCUT2D eigenvalue weighted by Gasteiger charge is 2.12. The molecule has 0 atom stereocenters. The fourth-order valence-corrected chi connectivity index (χ4v) is 2.95. The summed E-state index contributed by atoms with van der Waals surface area (Å²) in [7, 11) is 1.74. The van der Waals surface area contributed by atoms with Crippen LogP contribution in [-0.2, 0) is 23.2 Å². The quantitative estimate of drug-likeness (QED) is 0.230. The molecule has 174 valence electrons. The minimum Gasteiger partial charge on any atom is -0.368 e. The second-order valence-electron chi connectivity index (χ2n) is 8.40. The van der Waals surface area contributed by atoms with Gasteiger partial charge in [0.05, 0.1) is 6.54 Å². The van der Waals surface area contributed by atoms with E-state index < -0.39 is 5.91 Å². The van der Waals surface area contributed by atoms with E-state index in [0.29, 0.717) is 12.1 Å². The molecular weight excluding hydrogens is 517 g/mol. The van der Waals surface area contributed by atoms with E-state index in [1.54, 1.807) is 19.2 Å². The van der Waals surface area contributed by atoms with Gasteiger partial charge in [-0.3, -0.25) is 14.6 Å². The van der Waals surface area contributed by atoms with Crippen LogP contribution in [0.25, 0.3) is 0 Å². The zero-order chi connectivity index (χ0) is 22.9. The lowest BCUT2D eigenvalue weighted by molar-refractivity contribution is -0.117. The number of halogens is 1. The SMILES string of the molecule is CN=C(NCCc1ccc(C(C)(C)C)cc1)NCc1ccc(C(=O)NCC(N)=O)cc1.I. The zero-order valence-electron chi connectivity index (χ0n) is 19.2. The third kappa shape index (κ3) is 9.25. The molecule has 0 radical (unpaired) electrons. The first-order valence-electron chi connectivity index (χ1n) is 10.4. The van der Waals surface area contributed by atoms with Crippen molar-refractivity contribution >= 4 is 41.8 Å². The van der Waals surface area contributed by atoms with E-state index in [4.69, 9.17) is 5.73 Å². The molecule has 0 spiro atoms. The summed E-state index contributed by atoms with van der Waals surface area (Å²) < 4.78 is 0. The monoisotopic (exact) mass is 551 g/mol. The van der Waals surface area contributed by atoms with E-state index in [2.05, 4.69) is 66.0 Å². The lowest BCUT2D eigenvalue weighted by atomic mass is 9.86. The van der Waals surface area contributed by atoms with E-state index >= 15 is 0 Å². The van der Waals surface area contributed by atoms with Crippen LogP contribution in [0.3, 0.4) is 0 Å². The molecule has 0 aromatic heterocycles. The Bertz CT molecular complexity index is 903. The molecule has 7 nitrogen and oxygen atoms in total. The molecule has 2 aromatic rings. The van der Waals surface area contributed by atoms with Gasteiger partial charge in [0.15, 0.2) is 5.96 Å². The Kier molecular flexibility index (Phi) is 11.2. The summed E-state index contributed by atoms with van der Waals surface area (Å²) in [5, 5.41) is 9.05. The molecule has 0 aliphatic carbocycles. The van der Waals surface area contributed by atoms with Gasteiger partial charge < -0.3 is 21.7 Å². The van der Waals surface area contributed by atoms with Crippen molar-refractivity contribution in [2.75, 3.05) is 20.1 Å². The minimum absolute atomic E-state index is 0. The third-order valence-electron chi connectivity index (χ3n) is 4.85. The molecule has 0 aliphatic rings. The number of hydrogen-bond donors (Lipinski definition) is 4. The summed E-state index contributed by atoms with van der Waals surface area (Å²) >= 11 is 0. The van der Waals surface area contributed by atoms with Gasteiger partial charge in [-0.1, -0.05) is 57.2 Å². The van der Waals surface area contributed by atoms with Crippen molar-refractivity contribution in [3.8, 4) is 0 Å². The van der Waals surface area contributed by atoms with Crippen LogP contribution in [0.5, 0.6) is 0 Å². The smallest absolute Gasteiger partial charge is 0.251 e. The Hall–Kier alpha value is -2.62. The maximum Gasteiger partial charge on any atom is 0.251 e. The number of carbonyl (C=O) groups excluding carboxylic acids is 2. The largest absolute Gasteiger partial charge is 0.368 e. The number of nitrogens with two attached hydrogens (primary N) is 1. The van der Waals surface area contributed by atoms with Gasteiger partial charge >= 0.3 is 0 Å². The summed E-state index contributed by atoms with van der Waals surface area (Å²) in [6.07, 6.45) is 0.903. The van der Waals surface area contributed by atoms with Crippen molar-refractivity contribution in [3.63, 3.8) is 0 Å². The Balaban J connectivity index is 0.00000512. The number of hydrogen-bond acceptors (Lipinski definition) is 3.